The standard InChI is InChI=1S/C15H21BrN2O/c1-11-9-14(17-10-13(11)16)18-15(19)8-7-12-5-3-2-4-6-12/h9-10,12H,2-8H2,1H3,(H,17,18,19). The Morgan fingerprint density at radius 3 is 2.84 bits per heavy atom. The van der Waals surface area contributed by atoms with E-state index in [1.807, 2.05) is 13.0 Å². The van der Waals surface area contributed by atoms with Gasteiger partial charge in [0.1, 0.15) is 5.82 Å². The van der Waals surface area contributed by atoms with Crippen LogP contribution in [0.25, 0.3) is 0 Å². The van der Waals surface area contributed by atoms with Gasteiger partial charge in [0.05, 0.1) is 0 Å². The Morgan fingerprint density at radius 1 is 1.42 bits per heavy atom. The average molecular weight is 325 g/mol. The summed E-state index contributed by atoms with van der Waals surface area (Å²) in [5.74, 6) is 1.48. The SMILES string of the molecule is Cc1cc(NC(=O)CCC2CCCCC2)ncc1Br. The van der Waals surface area contributed by atoms with Crippen molar-refractivity contribution in [2.24, 2.45) is 5.92 Å². The molecule has 1 aromatic heterocycles. The third-order valence-electron chi connectivity index (χ3n) is 3.82. The fourth-order valence-electron chi connectivity index (χ4n) is 2.62. The number of aromatic nitrogens is 1. The molecule has 1 aromatic rings. The number of carbonyl (C=O) groups is 1. The number of pyridine rings is 1. The molecule has 1 aliphatic carbocycles. The molecule has 0 aromatic carbocycles. The van der Waals surface area contributed by atoms with Crippen LogP contribution >= 0.6 is 15.9 Å². The van der Waals surface area contributed by atoms with E-state index in [4.69, 9.17) is 0 Å². The van der Waals surface area contributed by atoms with E-state index in [9.17, 15) is 4.79 Å². The molecule has 2 rings (SSSR count). The number of hydrogen-bond acceptors (Lipinski definition) is 2. The fourth-order valence-corrected chi connectivity index (χ4v) is 2.84. The van der Waals surface area contributed by atoms with Gasteiger partial charge in [-0.1, -0.05) is 32.1 Å². The molecule has 0 saturated heterocycles. The van der Waals surface area contributed by atoms with E-state index in [0.29, 0.717) is 12.2 Å². The Balaban J connectivity index is 1.78. The molecule has 0 aliphatic heterocycles. The van der Waals surface area contributed by atoms with Gasteiger partial charge in [-0.25, -0.2) is 4.98 Å². The maximum Gasteiger partial charge on any atom is 0.225 e. The highest BCUT2D eigenvalue weighted by atomic mass is 79.9. The normalized spacial score (nSPS) is 16.3. The Bertz CT molecular complexity index is 442. The first-order valence-corrected chi connectivity index (χ1v) is 7.86. The molecule has 0 radical (unpaired) electrons. The third kappa shape index (κ3) is 4.60. The quantitative estimate of drug-likeness (QED) is 0.888. The molecule has 1 fully saturated rings. The zero-order valence-electron chi connectivity index (χ0n) is 11.4. The molecule has 0 spiro atoms. The monoisotopic (exact) mass is 324 g/mol. The van der Waals surface area contributed by atoms with Gasteiger partial charge in [-0.05, 0) is 46.8 Å². The Hall–Kier alpha value is -0.900. The van der Waals surface area contributed by atoms with Crippen LogP contribution in [0.3, 0.4) is 0 Å². The minimum absolute atomic E-state index is 0.0831. The van der Waals surface area contributed by atoms with Crippen molar-refractivity contribution in [2.45, 2.75) is 51.9 Å². The minimum Gasteiger partial charge on any atom is -0.311 e. The van der Waals surface area contributed by atoms with Gasteiger partial charge in [0.2, 0.25) is 5.91 Å². The first-order valence-electron chi connectivity index (χ1n) is 7.07. The molecule has 0 unspecified atom stereocenters. The van der Waals surface area contributed by atoms with Gasteiger partial charge in [-0.2, -0.15) is 0 Å². The second-order valence-corrected chi connectivity index (χ2v) is 6.26. The van der Waals surface area contributed by atoms with Crippen LogP contribution in [-0.2, 0) is 4.79 Å². The van der Waals surface area contributed by atoms with Gasteiger partial charge in [-0.15, -0.1) is 0 Å². The fraction of sp³-hybridized carbons (Fsp3) is 0.600. The summed E-state index contributed by atoms with van der Waals surface area (Å²) in [6.45, 7) is 1.99. The van der Waals surface area contributed by atoms with Crippen LogP contribution in [0.4, 0.5) is 5.82 Å². The van der Waals surface area contributed by atoms with Crippen LogP contribution in [0, 0.1) is 12.8 Å². The first kappa shape index (κ1) is 14.5. The first-order chi connectivity index (χ1) is 9.15. The summed E-state index contributed by atoms with van der Waals surface area (Å²) in [7, 11) is 0. The summed E-state index contributed by atoms with van der Waals surface area (Å²) in [6, 6.07) is 1.89. The predicted octanol–water partition coefficient (Wildman–Crippen LogP) is 4.45. The lowest BCUT2D eigenvalue weighted by Gasteiger charge is -2.20. The molecule has 1 heterocycles. The highest BCUT2D eigenvalue weighted by Gasteiger charge is 2.15. The molecular formula is C15H21BrN2O. The molecule has 3 nitrogen and oxygen atoms in total. The van der Waals surface area contributed by atoms with Crippen molar-refractivity contribution >= 4 is 27.7 Å². The molecule has 19 heavy (non-hydrogen) atoms. The van der Waals surface area contributed by atoms with Crippen LogP contribution in [0.5, 0.6) is 0 Å². The topological polar surface area (TPSA) is 42.0 Å². The summed E-state index contributed by atoms with van der Waals surface area (Å²) in [5, 5.41) is 2.88. The second-order valence-electron chi connectivity index (χ2n) is 5.41. The van der Waals surface area contributed by atoms with Crippen LogP contribution in [0.1, 0.15) is 50.5 Å². The Morgan fingerprint density at radius 2 is 2.16 bits per heavy atom. The van der Waals surface area contributed by atoms with Crippen molar-refractivity contribution in [1.82, 2.24) is 4.98 Å². The van der Waals surface area contributed by atoms with Gasteiger partial charge >= 0.3 is 0 Å². The zero-order valence-corrected chi connectivity index (χ0v) is 13.0. The predicted molar refractivity (Wildman–Crippen MR) is 81.1 cm³/mol. The highest BCUT2D eigenvalue weighted by molar-refractivity contribution is 9.10. The third-order valence-corrected chi connectivity index (χ3v) is 4.65. The molecule has 1 saturated carbocycles. The minimum atomic E-state index is 0.0831. The molecule has 1 N–H and O–H groups in total. The summed E-state index contributed by atoms with van der Waals surface area (Å²) in [5.41, 5.74) is 1.08. The number of rotatable bonds is 4. The lowest BCUT2D eigenvalue weighted by molar-refractivity contribution is -0.116. The van der Waals surface area contributed by atoms with Gasteiger partial charge < -0.3 is 5.32 Å². The van der Waals surface area contributed by atoms with E-state index in [-0.39, 0.29) is 5.91 Å². The maximum absolute atomic E-state index is 11.9. The van der Waals surface area contributed by atoms with E-state index >= 15 is 0 Å². The molecule has 0 atom stereocenters. The largest absolute Gasteiger partial charge is 0.311 e. The van der Waals surface area contributed by atoms with E-state index < -0.39 is 0 Å². The maximum atomic E-state index is 11.9. The van der Waals surface area contributed by atoms with E-state index in [2.05, 4.69) is 26.2 Å². The van der Waals surface area contributed by atoms with Crippen LogP contribution in [-0.4, -0.2) is 10.9 Å². The summed E-state index contributed by atoms with van der Waals surface area (Å²) < 4.78 is 0.965. The molecule has 1 aliphatic rings. The summed E-state index contributed by atoms with van der Waals surface area (Å²) >= 11 is 3.40. The average Bonchev–Trinajstić information content (AvgIpc) is 2.42. The van der Waals surface area contributed by atoms with Crippen molar-refractivity contribution < 1.29 is 4.79 Å². The summed E-state index contributed by atoms with van der Waals surface area (Å²) in [4.78, 5) is 16.1. The van der Waals surface area contributed by atoms with Crippen LogP contribution in [0.15, 0.2) is 16.7 Å². The number of nitrogens with zero attached hydrogens (tertiary/aromatic N) is 1. The second kappa shape index (κ2) is 7.04. The number of anilines is 1. The van der Waals surface area contributed by atoms with Crippen LogP contribution in [0.2, 0.25) is 0 Å². The number of nitrogens with one attached hydrogen (secondary N) is 1. The zero-order chi connectivity index (χ0) is 13.7. The van der Waals surface area contributed by atoms with Crippen LogP contribution < -0.4 is 5.32 Å². The van der Waals surface area contributed by atoms with Gasteiger partial charge in [-0.3, -0.25) is 4.79 Å². The van der Waals surface area contributed by atoms with Crippen molar-refractivity contribution in [3.05, 3.63) is 22.3 Å². The Labute approximate surface area is 123 Å². The van der Waals surface area contributed by atoms with Gasteiger partial charge in [0.15, 0.2) is 0 Å². The lowest BCUT2D eigenvalue weighted by atomic mass is 9.86. The van der Waals surface area contributed by atoms with Crippen molar-refractivity contribution in [3.8, 4) is 0 Å². The van der Waals surface area contributed by atoms with Crippen molar-refractivity contribution in [2.75, 3.05) is 5.32 Å². The van der Waals surface area contributed by atoms with Gasteiger partial charge in [0.25, 0.3) is 0 Å². The molecule has 0 bridgehead atoms. The Kier molecular flexibility index (Phi) is 5.37. The van der Waals surface area contributed by atoms with Crippen molar-refractivity contribution in [1.29, 1.82) is 0 Å². The number of hydrogen-bond donors (Lipinski definition) is 1. The smallest absolute Gasteiger partial charge is 0.225 e. The number of halogens is 1. The summed E-state index contributed by atoms with van der Waals surface area (Å²) in [6.07, 6.45) is 9.98. The van der Waals surface area contributed by atoms with Gasteiger partial charge in [0, 0.05) is 17.1 Å². The number of aryl methyl sites for hydroxylation is 1. The van der Waals surface area contributed by atoms with E-state index in [1.165, 1.54) is 32.1 Å². The van der Waals surface area contributed by atoms with E-state index in [1.54, 1.807) is 6.20 Å². The number of carbonyl (C=O) groups excluding carboxylic acids is 1. The van der Waals surface area contributed by atoms with E-state index in [0.717, 1.165) is 22.4 Å². The molecule has 4 heteroatoms. The lowest BCUT2D eigenvalue weighted by Crippen LogP contribution is -2.15. The molecule has 104 valence electrons. The molecular weight excluding hydrogens is 304 g/mol. The highest BCUT2D eigenvalue weighted by Crippen LogP contribution is 2.27. The number of amides is 1. The molecule has 1 amide bonds. The van der Waals surface area contributed by atoms with Crippen molar-refractivity contribution in [3.63, 3.8) is 0 Å².